The van der Waals surface area contributed by atoms with Crippen LogP contribution in [0.25, 0.3) is 0 Å². The molecule has 0 N–H and O–H groups in total. The van der Waals surface area contributed by atoms with Crippen molar-refractivity contribution in [3.8, 4) is 11.6 Å². The summed E-state index contributed by atoms with van der Waals surface area (Å²) in [5.74, 6) is -0.701. The zero-order chi connectivity index (χ0) is 15.6. The van der Waals surface area contributed by atoms with E-state index in [0.29, 0.717) is 5.56 Å². The van der Waals surface area contributed by atoms with E-state index in [9.17, 15) is 14.5 Å². The molecule has 0 unspecified atom stereocenters. The second-order valence-corrected chi connectivity index (χ2v) is 4.87. The minimum absolute atomic E-state index is 0.00315. The number of nitro benzene ring substituents is 1. The first kappa shape index (κ1) is 15.1. The smallest absolute Gasteiger partial charge is 0.305 e. The summed E-state index contributed by atoms with van der Waals surface area (Å²) in [6.07, 6.45) is 1.23. The lowest BCUT2D eigenvalue weighted by Crippen LogP contribution is -2.00. The second-order valence-electron chi connectivity index (χ2n) is 4.51. The highest BCUT2D eigenvalue weighted by Gasteiger charge is 2.18. The van der Waals surface area contributed by atoms with Crippen LogP contribution in [0.15, 0.2) is 24.5 Å². The maximum absolute atomic E-state index is 13.6. The molecule has 2 aromatic rings. The van der Waals surface area contributed by atoms with Gasteiger partial charge in [-0.05, 0) is 12.0 Å². The number of aromatic nitrogens is 2. The Bertz CT molecular complexity index is 694. The molecule has 0 aliphatic rings. The molecule has 110 valence electrons. The highest BCUT2D eigenvalue weighted by Crippen LogP contribution is 2.33. The van der Waals surface area contributed by atoms with E-state index >= 15 is 0 Å². The number of nitrogens with zero attached hydrogens (tertiary/aromatic N) is 3. The van der Waals surface area contributed by atoms with E-state index in [2.05, 4.69) is 9.97 Å². The molecule has 21 heavy (non-hydrogen) atoms. The maximum Gasteiger partial charge on any atom is 0.305 e. The molecule has 0 radical (unpaired) electrons. The van der Waals surface area contributed by atoms with Crippen LogP contribution >= 0.6 is 11.6 Å². The van der Waals surface area contributed by atoms with Crippen LogP contribution in [0.2, 0.25) is 5.15 Å². The monoisotopic (exact) mass is 311 g/mol. The predicted molar refractivity (Wildman–Crippen MR) is 74.3 cm³/mol. The van der Waals surface area contributed by atoms with Crippen molar-refractivity contribution in [1.82, 2.24) is 9.97 Å². The topological polar surface area (TPSA) is 78.2 Å². The van der Waals surface area contributed by atoms with Crippen LogP contribution in [0.3, 0.4) is 0 Å². The molecule has 0 atom stereocenters. The van der Waals surface area contributed by atoms with Gasteiger partial charge < -0.3 is 4.74 Å². The quantitative estimate of drug-likeness (QED) is 0.482. The summed E-state index contributed by atoms with van der Waals surface area (Å²) in [5.41, 5.74) is -0.0370. The second kappa shape index (κ2) is 6.01. The fourth-order valence-corrected chi connectivity index (χ4v) is 2.08. The summed E-state index contributed by atoms with van der Waals surface area (Å²) in [5, 5.41) is 10.8. The Balaban J connectivity index is 2.37. The Morgan fingerprint density at radius 1 is 1.38 bits per heavy atom. The third-order valence-corrected chi connectivity index (χ3v) is 3.01. The minimum atomic E-state index is -0.983. The lowest BCUT2D eigenvalue weighted by atomic mass is 10.1. The highest BCUT2D eigenvalue weighted by atomic mass is 35.5. The van der Waals surface area contributed by atoms with Gasteiger partial charge in [0.2, 0.25) is 11.7 Å². The third-order valence-electron chi connectivity index (χ3n) is 2.71. The van der Waals surface area contributed by atoms with E-state index in [1.165, 1.54) is 12.4 Å². The first-order valence-corrected chi connectivity index (χ1v) is 6.40. The molecule has 0 saturated heterocycles. The molecule has 0 aliphatic heterocycles. The van der Waals surface area contributed by atoms with Gasteiger partial charge in [-0.3, -0.25) is 10.1 Å². The average molecular weight is 312 g/mol. The molecular formula is C13H11ClFN3O3. The third kappa shape index (κ3) is 3.25. The Morgan fingerprint density at radius 3 is 2.67 bits per heavy atom. The van der Waals surface area contributed by atoms with E-state index in [4.69, 9.17) is 16.3 Å². The van der Waals surface area contributed by atoms with Crippen LogP contribution in [0.5, 0.6) is 11.6 Å². The lowest BCUT2D eigenvalue weighted by molar-refractivity contribution is -0.387. The zero-order valence-corrected chi connectivity index (χ0v) is 12.0. The number of halogens is 2. The molecule has 8 heteroatoms. The zero-order valence-electron chi connectivity index (χ0n) is 11.2. The Kier molecular flexibility index (Phi) is 4.32. The predicted octanol–water partition coefficient (Wildman–Crippen LogP) is 4.09. The first-order chi connectivity index (χ1) is 9.90. The van der Waals surface area contributed by atoms with E-state index in [1.54, 1.807) is 0 Å². The van der Waals surface area contributed by atoms with Gasteiger partial charge in [-0.1, -0.05) is 25.4 Å². The molecule has 0 amide bonds. The summed E-state index contributed by atoms with van der Waals surface area (Å²) in [4.78, 5) is 17.6. The van der Waals surface area contributed by atoms with E-state index in [-0.39, 0.29) is 22.7 Å². The van der Waals surface area contributed by atoms with Crippen molar-refractivity contribution < 1.29 is 14.1 Å². The Morgan fingerprint density at radius 2 is 2.10 bits per heavy atom. The summed E-state index contributed by atoms with van der Waals surface area (Å²) < 4.78 is 19.0. The number of rotatable bonds is 4. The summed E-state index contributed by atoms with van der Waals surface area (Å²) in [7, 11) is 0. The van der Waals surface area contributed by atoms with Gasteiger partial charge in [0.05, 0.1) is 10.5 Å². The van der Waals surface area contributed by atoms with Crippen molar-refractivity contribution >= 4 is 17.3 Å². The molecule has 1 heterocycles. The van der Waals surface area contributed by atoms with Crippen molar-refractivity contribution in [2.45, 2.75) is 19.8 Å². The minimum Gasteiger partial charge on any atom is -0.438 e. The largest absolute Gasteiger partial charge is 0.438 e. The van der Waals surface area contributed by atoms with Crippen LogP contribution in [0, 0.1) is 15.9 Å². The lowest BCUT2D eigenvalue weighted by Gasteiger charge is -2.13. The number of nitro groups is 1. The molecule has 2 rings (SSSR count). The molecular weight excluding hydrogens is 301 g/mol. The normalized spacial score (nSPS) is 10.7. The van der Waals surface area contributed by atoms with Crippen molar-refractivity contribution in [3.05, 3.63) is 51.2 Å². The van der Waals surface area contributed by atoms with Gasteiger partial charge in [0.15, 0.2) is 0 Å². The molecule has 0 fully saturated rings. The van der Waals surface area contributed by atoms with Crippen LogP contribution in [-0.2, 0) is 0 Å². The number of hydrogen-bond donors (Lipinski definition) is 0. The summed E-state index contributed by atoms with van der Waals surface area (Å²) in [6, 6.07) is 3.25. The summed E-state index contributed by atoms with van der Waals surface area (Å²) in [6.45, 7) is 3.77. The van der Waals surface area contributed by atoms with Gasteiger partial charge >= 0.3 is 5.69 Å². The van der Waals surface area contributed by atoms with Gasteiger partial charge in [-0.2, -0.15) is 4.39 Å². The first-order valence-electron chi connectivity index (χ1n) is 6.02. The van der Waals surface area contributed by atoms with Crippen LogP contribution in [0.1, 0.15) is 25.3 Å². The van der Waals surface area contributed by atoms with Crippen molar-refractivity contribution in [1.29, 1.82) is 0 Å². The molecule has 1 aromatic carbocycles. The maximum atomic E-state index is 13.6. The van der Waals surface area contributed by atoms with Gasteiger partial charge in [-0.15, -0.1) is 0 Å². The van der Waals surface area contributed by atoms with E-state index in [0.717, 1.165) is 12.1 Å². The van der Waals surface area contributed by atoms with Gasteiger partial charge in [0, 0.05) is 12.1 Å². The molecule has 0 spiro atoms. The van der Waals surface area contributed by atoms with Gasteiger partial charge in [0.1, 0.15) is 17.2 Å². The molecule has 0 saturated carbocycles. The Hall–Kier alpha value is -2.28. The Labute approximate surface area is 124 Å². The standard InChI is InChI=1S/C13H11ClFN3O3/c1-7(2)11-12(14)16-6-17-13(11)21-8-3-4-10(18(19)20)9(15)5-8/h3-7H,1-2H3. The molecule has 6 nitrogen and oxygen atoms in total. The van der Waals surface area contributed by atoms with Gasteiger partial charge in [0.25, 0.3) is 0 Å². The number of ether oxygens (including phenoxy) is 1. The molecule has 0 aliphatic carbocycles. The highest BCUT2D eigenvalue weighted by molar-refractivity contribution is 6.30. The van der Waals surface area contributed by atoms with Crippen LogP contribution in [0.4, 0.5) is 10.1 Å². The van der Waals surface area contributed by atoms with Gasteiger partial charge in [-0.25, -0.2) is 9.97 Å². The van der Waals surface area contributed by atoms with E-state index < -0.39 is 16.4 Å². The SMILES string of the molecule is CC(C)c1c(Cl)ncnc1Oc1ccc([N+](=O)[O-])c(F)c1. The number of hydrogen-bond acceptors (Lipinski definition) is 5. The fourth-order valence-electron chi connectivity index (χ4n) is 1.74. The van der Waals surface area contributed by atoms with E-state index in [1.807, 2.05) is 13.8 Å². The number of benzene rings is 1. The van der Waals surface area contributed by atoms with Crippen LogP contribution in [-0.4, -0.2) is 14.9 Å². The summed E-state index contributed by atoms with van der Waals surface area (Å²) >= 11 is 5.99. The van der Waals surface area contributed by atoms with Crippen molar-refractivity contribution in [2.24, 2.45) is 0 Å². The fraction of sp³-hybridized carbons (Fsp3) is 0.231. The van der Waals surface area contributed by atoms with Crippen LogP contribution < -0.4 is 4.74 Å². The van der Waals surface area contributed by atoms with Crippen molar-refractivity contribution in [3.63, 3.8) is 0 Å². The molecule has 0 bridgehead atoms. The van der Waals surface area contributed by atoms with Crippen molar-refractivity contribution in [2.75, 3.05) is 0 Å². The average Bonchev–Trinajstić information content (AvgIpc) is 2.37. The molecule has 1 aromatic heterocycles.